The lowest BCUT2D eigenvalue weighted by Crippen LogP contribution is -2.36. The molecule has 0 aromatic heterocycles. The number of nitrogens with zero attached hydrogens (tertiary/aromatic N) is 1. The molecule has 0 fully saturated rings. The Balaban J connectivity index is 3.08. The molecule has 0 saturated carbocycles. The number of carbonyl (C=O) groups is 1. The summed E-state index contributed by atoms with van der Waals surface area (Å²) in [6.07, 6.45) is 2.63. The molecule has 1 rings (SSSR count). The molecule has 0 radical (unpaired) electrons. The molecule has 0 bridgehead atoms. The summed E-state index contributed by atoms with van der Waals surface area (Å²) in [6, 6.07) is 7.25. The number of aliphatic carboxylic acids is 1. The van der Waals surface area contributed by atoms with Gasteiger partial charge in [0.1, 0.15) is 5.75 Å². The van der Waals surface area contributed by atoms with Crippen LogP contribution in [-0.4, -0.2) is 62.0 Å². The van der Waals surface area contributed by atoms with E-state index in [-0.39, 0.29) is 19.6 Å². The fraction of sp³-hybridized carbons (Fsp3) is 0.522. The van der Waals surface area contributed by atoms with Crippen LogP contribution in [0, 0.1) is 5.92 Å². The quantitative estimate of drug-likeness (QED) is 0.247. The van der Waals surface area contributed by atoms with Crippen LogP contribution in [0.3, 0.4) is 0 Å². The molecule has 1 aromatic carbocycles. The maximum absolute atomic E-state index is 13.1. The summed E-state index contributed by atoms with van der Waals surface area (Å²) < 4.78 is 34.7. The van der Waals surface area contributed by atoms with Gasteiger partial charge in [0.25, 0.3) is 0 Å². The summed E-state index contributed by atoms with van der Waals surface area (Å²) in [4.78, 5) is 14.1. The van der Waals surface area contributed by atoms with E-state index in [0.29, 0.717) is 18.7 Å². The van der Waals surface area contributed by atoms with Crippen molar-refractivity contribution in [3.05, 3.63) is 55.1 Å². The Kier molecular flexibility index (Phi) is 13.1. The van der Waals surface area contributed by atoms with Crippen LogP contribution in [-0.2, 0) is 29.4 Å². The lowest BCUT2D eigenvalue weighted by Gasteiger charge is -2.29. The number of rotatable bonds is 18. The van der Waals surface area contributed by atoms with Gasteiger partial charge in [0.15, 0.2) is 0 Å². The largest absolute Gasteiger partial charge is 0.497 e. The Hall–Kier alpha value is -1.96. The molecule has 1 aromatic rings. The Morgan fingerprint density at radius 1 is 1.12 bits per heavy atom. The van der Waals surface area contributed by atoms with E-state index in [2.05, 4.69) is 18.1 Å². The minimum atomic E-state index is -3.94. The number of benzene rings is 1. The molecule has 0 saturated heterocycles. The first-order valence-electron chi connectivity index (χ1n) is 10.7. The molecule has 0 aliphatic rings. The number of ether oxygens (including phenoxy) is 1. The number of hydrogen-bond donors (Lipinski definition) is 1. The van der Waals surface area contributed by atoms with Crippen molar-refractivity contribution in [2.75, 3.05) is 40.0 Å². The highest BCUT2D eigenvalue weighted by molar-refractivity contribution is 7.48. The predicted molar refractivity (Wildman–Crippen MR) is 125 cm³/mol. The number of phosphoric acid groups is 1. The van der Waals surface area contributed by atoms with Gasteiger partial charge in [0.05, 0.1) is 32.3 Å². The van der Waals surface area contributed by atoms with Crippen molar-refractivity contribution < 1.29 is 32.8 Å². The summed E-state index contributed by atoms with van der Waals surface area (Å²) in [5.41, 5.74) is 0.855. The van der Waals surface area contributed by atoms with E-state index in [1.54, 1.807) is 19.2 Å². The topological polar surface area (TPSA) is 94.5 Å². The van der Waals surface area contributed by atoms with Gasteiger partial charge in [0, 0.05) is 6.54 Å². The van der Waals surface area contributed by atoms with Gasteiger partial charge in [0.2, 0.25) is 0 Å². The van der Waals surface area contributed by atoms with Crippen molar-refractivity contribution >= 4 is 13.8 Å². The Morgan fingerprint density at radius 2 is 1.69 bits per heavy atom. The van der Waals surface area contributed by atoms with Gasteiger partial charge in [-0.3, -0.25) is 18.4 Å². The summed E-state index contributed by atoms with van der Waals surface area (Å²) in [7, 11) is -2.37. The van der Waals surface area contributed by atoms with Crippen molar-refractivity contribution in [2.45, 2.75) is 32.8 Å². The van der Waals surface area contributed by atoms with Crippen LogP contribution in [0.4, 0.5) is 0 Å². The van der Waals surface area contributed by atoms with Crippen LogP contribution in [0.15, 0.2) is 49.6 Å². The average Bonchev–Trinajstić information content (AvgIpc) is 2.79. The molecule has 0 spiro atoms. The first kappa shape index (κ1) is 28.1. The number of hydrogen-bond acceptors (Lipinski definition) is 7. The zero-order chi connectivity index (χ0) is 24.0. The van der Waals surface area contributed by atoms with Gasteiger partial charge in [-0.05, 0) is 43.6 Å². The van der Waals surface area contributed by atoms with Crippen LogP contribution in [0.1, 0.15) is 25.8 Å². The number of carboxylic acid groups (broad SMARTS) is 1. The third-order valence-corrected chi connectivity index (χ3v) is 6.36. The first-order chi connectivity index (χ1) is 15.3. The second kappa shape index (κ2) is 15.0. The van der Waals surface area contributed by atoms with E-state index in [1.807, 2.05) is 26.0 Å². The summed E-state index contributed by atoms with van der Waals surface area (Å²) in [5, 5.41) is 9.86. The highest BCUT2D eigenvalue weighted by Crippen LogP contribution is 2.51. The van der Waals surface area contributed by atoms with Crippen LogP contribution in [0.5, 0.6) is 5.75 Å². The normalized spacial score (nSPS) is 13.5. The lowest BCUT2D eigenvalue weighted by molar-refractivity contribution is -0.142. The van der Waals surface area contributed by atoms with E-state index in [9.17, 15) is 14.5 Å². The van der Waals surface area contributed by atoms with Crippen LogP contribution in [0.2, 0.25) is 0 Å². The standard InChI is InChI=1S/C23H36NO7P/c1-6-14-29-32(27,30-15-7-2)31-22(18-24(8-3)9-4)17-20(23(25)26)16-19-10-12-21(28-5)13-11-19/h6-7,10-13,20,22H,1-2,8-9,14-18H2,3-5H3,(H,25,26). The van der Waals surface area contributed by atoms with Crippen LogP contribution < -0.4 is 4.74 Å². The monoisotopic (exact) mass is 469 g/mol. The number of methoxy groups -OCH3 is 1. The van der Waals surface area contributed by atoms with Crippen molar-refractivity contribution in [3.63, 3.8) is 0 Å². The Morgan fingerprint density at radius 3 is 2.12 bits per heavy atom. The maximum atomic E-state index is 13.1. The number of likely N-dealkylation sites (N-methyl/N-ethyl adjacent to an activating group) is 1. The van der Waals surface area contributed by atoms with Gasteiger partial charge in [-0.25, -0.2) is 4.57 Å². The van der Waals surface area contributed by atoms with Crippen LogP contribution in [0.25, 0.3) is 0 Å². The molecule has 0 aliphatic carbocycles. The Labute approximate surface area is 191 Å². The van der Waals surface area contributed by atoms with Crippen LogP contribution >= 0.6 is 7.82 Å². The van der Waals surface area contributed by atoms with E-state index in [0.717, 1.165) is 18.7 Å². The zero-order valence-corrected chi connectivity index (χ0v) is 20.2. The molecule has 2 unspecified atom stereocenters. The average molecular weight is 470 g/mol. The van der Waals surface area contributed by atoms with Gasteiger partial charge < -0.3 is 14.7 Å². The van der Waals surface area contributed by atoms with E-state index < -0.39 is 25.8 Å². The van der Waals surface area contributed by atoms with Gasteiger partial charge in [-0.1, -0.05) is 38.1 Å². The van der Waals surface area contributed by atoms with Gasteiger partial charge >= 0.3 is 13.8 Å². The Bertz CT molecular complexity index is 733. The molecule has 8 nitrogen and oxygen atoms in total. The predicted octanol–water partition coefficient (Wildman–Crippen LogP) is 4.57. The second-order valence-electron chi connectivity index (χ2n) is 7.15. The summed E-state index contributed by atoms with van der Waals surface area (Å²) in [6.45, 7) is 12.9. The molecule has 180 valence electrons. The highest BCUT2D eigenvalue weighted by atomic mass is 31.2. The molecule has 0 aliphatic heterocycles. The fourth-order valence-electron chi connectivity index (χ4n) is 3.12. The number of phosphoric ester groups is 1. The fourth-order valence-corrected chi connectivity index (χ4v) is 4.41. The van der Waals surface area contributed by atoms with E-state index in [1.165, 1.54) is 12.2 Å². The van der Waals surface area contributed by atoms with Gasteiger partial charge in [-0.2, -0.15) is 0 Å². The molecule has 0 heterocycles. The first-order valence-corrected chi connectivity index (χ1v) is 12.1. The summed E-state index contributed by atoms with van der Waals surface area (Å²) >= 11 is 0. The van der Waals surface area contributed by atoms with Crippen molar-refractivity contribution in [1.29, 1.82) is 0 Å². The third kappa shape index (κ3) is 10.1. The minimum absolute atomic E-state index is 0.0272. The smallest absolute Gasteiger partial charge is 0.475 e. The molecule has 2 atom stereocenters. The zero-order valence-electron chi connectivity index (χ0n) is 19.3. The number of carboxylic acids is 1. The SMILES string of the molecule is C=CCOP(=O)(OCC=C)OC(CC(Cc1ccc(OC)cc1)C(=O)O)CN(CC)CC. The molecule has 0 amide bonds. The van der Waals surface area contributed by atoms with Gasteiger partial charge in [-0.15, -0.1) is 13.2 Å². The molecule has 9 heteroatoms. The van der Waals surface area contributed by atoms with E-state index >= 15 is 0 Å². The highest BCUT2D eigenvalue weighted by Gasteiger charge is 2.34. The summed E-state index contributed by atoms with van der Waals surface area (Å²) in [5.74, 6) is -1.01. The molecule has 1 N–H and O–H groups in total. The molecule has 32 heavy (non-hydrogen) atoms. The van der Waals surface area contributed by atoms with Crippen molar-refractivity contribution in [3.8, 4) is 5.75 Å². The molecular weight excluding hydrogens is 433 g/mol. The second-order valence-corrected chi connectivity index (χ2v) is 8.77. The third-order valence-electron chi connectivity index (χ3n) is 4.87. The van der Waals surface area contributed by atoms with E-state index in [4.69, 9.17) is 18.3 Å². The van der Waals surface area contributed by atoms with Crippen molar-refractivity contribution in [1.82, 2.24) is 4.90 Å². The van der Waals surface area contributed by atoms with Crippen molar-refractivity contribution in [2.24, 2.45) is 5.92 Å². The maximum Gasteiger partial charge on any atom is 0.475 e. The minimum Gasteiger partial charge on any atom is -0.497 e. The molecular formula is C23H36NO7P. The lowest BCUT2D eigenvalue weighted by atomic mass is 9.93.